The first kappa shape index (κ1) is 19.5. The molecule has 0 N–H and O–H groups in total. The number of esters is 2. The number of nitrogens with zero attached hydrogens (tertiary/aromatic N) is 4. The second kappa shape index (κ2) is 7.54. The van der Waals surface area contributed by atoms with E-state index < -0.39 is 11.9 Å². The zero-order valence-electron chi connectivity index (χ0n) is 17.0. The highest BCUT2D eigenvalue weighted by molar-refractivity contribution is 6.09. The van der Waals surface area contributed by atoms with E-state index in [4.69, 9.17) is 18.9 Å². The molecule has 0 radical (unpaired) electrons. The molecule has 0 fully saturated rings. The van der Waals surface area contributed by atoms with Gasteiger partial charge >= 0.3 is 11.9 Å². The molecule has 4 rings (SSSR count). The third kappa shape index (κ3) is 2.79. The summed E-state index contributed by atoms with van der Waals surface area (Å²) in [6.45, 7) is 3.80. The number of aromatic nitrogens is 4. The van der Waals surface area contributed by atoms with Crippen LogP contribution in [0.1, 0.15) is 34.8 Å². The molecule has 0 saturated heterocycles. The lowest BCUT2D eigenvalue weighted by atomic mass is 10.2. The smallest absolute Gasteiger partial charge is 0.359 e. The fourth-order valence-corrected chi connectivity index (χ4v) is 3.46. The summed E-state index contributed by atoms with van der Waals surface area (Å²) in [5, 5.41) is 0. The lowest BCUT2D eigenvalue weighted by molar-refractivity contribution is 0.0511. The van der Waals surface area contributed by atoms with E-state index in [9.17, 15) is 9.59 Å². The van der Waals surface area contributed by atoms with Crippen LogP contribution in [0.2, 0.25) is 0 Å². The highest BCUT2D eigenvalue weighted by Crippen LogP contribution is 2.35. The van der Waals surface area contributed by atoms with E-state index >= 15 is 0 Å². The van der Waals surface area contributed by atoms with Crippen molar-refractivity contribution in [1.82, 2.24) is 18.8 Å². The van der Waals surface area contributed by atoms with Crippen LogP contribution in [0.25, 0.3) is 22.1 Å². The van der Waals surface area contributed by atoms with Gasteiger partial charge in [0, 0.05) is 12.1 Å². The number of ether oxygens (including phenoxy) is 4. The number of imidazole rings is 2. The number of carbonyl (C=O) groups excluding carboxylic acids is 2. The summed E-state index contributed by atoms with van der Waals surface area (Å²) < 4.78 is 24.6. The van der Waals surface area contributed by atoms with Crippen molar-refractivity contribution in [2.75, 3.05) is 27.4 Å². The molecule has 3 aromatic heterocycles. The summed E-state index contributed by atoms with van der Waals surface area (Å²) in [5.74, 6) is -0.194. The predicted molar refractivity (Wildman–Crippen MR) is 106 cm³/mol. The molecule has 10 nitrogen and oxygen atoms in total. The SMILES string of the molecule is CCOC(=O)c1ncn2c3cc(OC)c(OC)cc3n3cnc(C(=O)OCC)c3c12. The standard InChI is InChI=1S/C20H20N4O6/c1-5-29-19(25)15-17-18-16(20(26)30-6-2)22-10-24(18)12-8-14(28-4)13(27-3)7-11(12)23(17)9-21-15/h7-10H,5-6H2,1-4H3. The Morgan fingerprint density at radius 2 is 1.20 bits per heavy atom. The first-order valence-corrected chi connectivity index (χ1v) is 9.31. The van der Waals surface area contributed by atoms with Gasteiger partial charge in [-0.3, -0.25) is 8.80 Å². The van der Waals surface area contributed by atoms with Crippen LogP contribution < -0.4 is 9.47 Å². The number of benzene rings is 1. The predicted octanol–water partition coefficient (Wildman–Crippen LogP) is 2.51. The van der Waals surface area contributed by atoms with Crippen molar-refractivity contribution in [2.45, 2.75) is 13.8 Å². The summed E-state index contributed by atoms with van der Waals surface area (Å²) in [5.41, 5.74) is 2.26. The van der Waals surface area contributed by atoms with Crippen molar-refractivity contribution in [3.8, 4) is 11.5 Å². The molecule has 0 aliphatic carbocycles. The first-order valence-electron chi connectivity index (χ1n) is 9.31. The Morgan fingerprint density at radius 1 is 0.800 bits per heavy atom. The van der Waals surface area contributed by atoms with Crippen molar-refractivity contribution >= 4 is 34.0 Å². The Bertz CT molecular complexity index is 1190. The quantitative estimate of drug-likeness (QED) is 0.445. The Kier molecular flexibility index (Phi) is 4.90. The van der Waals surface area contributed by atoms with Gasteiger partial charge in [-0.25, -0.2) is 19.6 Å². The molecular formula is C20H20N4O6. The van der Waals surface area contributed by atoms with Gasteiger partial charge in [0.05, 0.1) is 38.5 Å². The average molecular weight is 412 g/mol. The maximum atomic E-state index is 12.6. The zero-order valence-corrected chi connectivity index (χ0v) is 17.0. The highest BCUT2D eigenvalue weighted by atomic mass is 16.5. The van der Waals surface area contributed by atoms with E-state index in [1.54, 1.807) is 34.8 Å². The van der Waals surface area contributed by atoms with E-state index in [1.807, 2.05) is 0 Å². The van der Waals surface area contributed by atoms with Gasteiger partial charge in [0.2, 0.25) is 0 Å². The molecule has 3 heterocycles. The Balaban J connectivity index is 2.19. The maximum absolute atomic E-state index is 12.6. The fraction of sp³-hybridized carbons (Fsp3) is 0.300. The van der Waals surface area contributed by atoms with Gasteiger partial charge in [-0.1, -0.05) is 0 Å². The molecule has 0 saturated carbocycles. The third-order valence-corrected chi connectivity index (χ3v) is 4.70. The van der Waals surface area contributed by atoms with Gasteiger partial charge in [0.1, 0.15) is 23.7 Å². The molecule has 0 atom stereocenters. The largest absolute Gasteiger partial charge is 0.493 e. The van der Waals surface area contributed by atoms with Gasteiger partial charge in [-0.15, -0.1) is 0 Å². The zero-order chi connectivity index (χ0) is 21.4. The number of methoxy groups -OCH3 is 2. The fourth-order valence-electron chi connectivity index (χ4n) is 3.46. The van der Waals surface area contributed by atoms with Crippen molar-refractivity contribution in [2.24, 2.45) is 0 Å². The average Bonchev–Trinajstić information content (AvgIpc) is 3.37. The summed E-state index contributed by atoms with van der Waals surface area (Å²) in [6, 6.07) is 3.53. The van der Waals surface area contributed by atoms with Crippen LogP contribution in [0.3, 0.4) is 0 Å². The van der Waals surface area contributed by atoms with Gasteiger partial charge in [-0.05, 0) is 13.8 Å². The van der Waals surface area contributed by atoms with E-state index in [0.29, 0.717) is 33.6 Å². The van der Waals surface area contributed by atoms with E-state index in [2.05, 4.69) is 9.97 Å². The van der Waals surface area contributed by atoms with Gasteiger partial charge < -0.3 is 18.9 Å². The molecule has 0 spiro atoms. The van der Waals surface area contributed by atoms with Crippen LogP contribution in [-0.2, 0) is 9.47 Å². The van der Waals surface area contributed by atoms with Gasteiger partial charge in [0.25, 0.3) is 0 Å². The molecule has 0 bridgehead atoms. The minimum Gasteiger partial charge on any atom is -0.493 e. The van der Waals surface area contributed by atoms with Gasteiger partial charge in [-0.2, -0.15) is 0 Å². The highest BCUT2D eigenvalue weighted by Gasteiger charge is 2.26. The Labute approximate surface area is 170 Å². The number of carbonyl (C=O) groups is 2. The normalized spacial score (nSPS) is 11.2. The second-order valence-corrected chi connectivity index (χ2v) is 6.26. The molecule has 0 amide bonds. The van der Waals surface area contributed by atoms with E-state index in [-0.39, 0.29) is 24.6 Å². The van der Waals surface area contributed by atoms with Crippen LogP contribution in [0.4, 0.5) is 0 Å². The third-order valence-electron chi connectivity index (χ3n) is 4.70. The summed E-state index contributed by atoms with van der Waals surface area (Å²) in [4.78, 5) is 33.6. The van der Waals surface area contributed by atoms with Crippen LogP contribution in [-0.4, -0.2) is 58.1 Å². The van der Waals surface area contributed by atoms with Gasteiger partial charge in [0.15, 0.2) is 22.9 Å². The van der Waals surface area contributed by atoms with Crippen molar-refractivity contribution in [3.63, 3.8) is 0 Å². The molecular weight excluding hydrogens is 392 g/mol. The topological polar surface area (TPSA) is 106 Å². The lowest BCUT2D eigenvalue weighted by Crippen LogP contribution is -2.09. The first-order chi connectivity index (χ1) is 14.5. The number of hydrogen-bond donors (Lipinski definition) is 0. The van der Waals surface area contributed by atoms with Crippen LogP contribution >= 0.6 is 0 Å². The molecule has 30 heavy (non-hydrogen) atoms. The second-order valence-electron chi connectivity index (χ2n) is 6.26. The number of rotatable bonds is 6. The Morgan fingerprint density at radius 3 is 1.53 bits per heavy atom. The van der Waals surface area contributed by atoms with Crippen molar-refractivity contribution in [1.29, 1.82) is 0 Å². The van der Waals surface area contributed by atoms with Crippen LogP contribution in [0, 0.1) is 0 Å². The molecule has 10 heteroatoms. The van der Waals surface area contributed by atoms with Crippen LogP contribution in [0.5, 0.6) is 11.5 Å². The minimum atomic E-state index is -0.599. The van der Waals surface area contributed by atoms with Crippen LogP contribution in [0.15, 0.2) is 24.8 Å². The summed E-state index contributed by atoms with van der Waals surface area (Å²) in [6.07, 6.45) is 3.00. The summed E-state index contributed by atoms with van der Waals surface area (Å²) in [7, 11) is 3.07. The monoisotopic (exact) mass is 412 g/mol. The summed E-state index contributed by atoms with van der Waals surface area (Å²) >= 11 is 0. The molecule has 0 aliphatic heterocycles. The minimum absolute atomic E-state index is 0.0737. The molecule has 0 aliphatic rings. The molecule has 156 valence electrons. The van der Waals surface area contributed by atoms with Crippen molar-refractivity contribution in [3.05, 3.63) is 36.2 Å². The maximum Gasteiger partial charge on any atom is 0.359 e. The molecule has 0 unspecified atom stereocenters. The van der Waals surface area contributed by atoms with Crippen molar-refractivity contribution < 1.29 is 28.5 Å². The lowest BCUT2D eigenvalue weighted by Gasteiger charge is -2.13. The number of hydrogen-bond acceptors (Lipinski definition) is 8. The van der Waals surface area contributed by atoms with E-state index in [1.165, 1.54) is 26.9 Å². The molecule has 4 aromatic rings. The van der Waals surface area contributed by atoms with E-state index in [0.717, 1.165) is 0 Å². The molecule has 1 aromatic carbocycles. The number of fused-ring (bicyclic) bond motifs is 6. The Hall–Kier alpha value is -3.82.